The molecular weight excluding hydrogens is 296 g/mol. The van der Waals surface area contributed by atoms with Gasteiger partial charge in [-0.25, -0.2) is 8.42 Å². The zero-order valence-corrected chi connectivity index (χ0v) is 12.0. The van der Waals surface area contributed by atoms with E-state index < -0.39 is 22.5 Å². The molecule has 1 aromatic heterocycles. The lowest BCUT2D eigenvalue weighted by Crippen LogP contribution is -2.36. The molecule has 0 saturated carbocycles. The highest BCUT2D eigenvalue weighted by molar-refractivity contribution is 7.92. The van der Waals surface area contributed by atoms with Crippen molar-refractivity contribution in [3.63, 3.8) is 0 Å². The number of aryl methyl sites for hydroxylation is 1. The number of hydrogen-bond acceptors (Lipinski definition) is 5. The summed E-state index contributed by atoms with van der Waals surface area (Å²) in [6.07, 6.45) is 2.45. The van der Waals surface area contributed by atoms with Crippen LogP contribution in [0.15, 0.2) is 41.6 Å². The Balaban J connectivity index is 2.56. The third-order valence-corrected chi connectivity index (χ3v) is 4.47. The maximum absolute atomic E-state index is 12.6. The zero-order chi connectivity index (χ0) is 15.6. The Kier molecular flexibility index (Phi) is 3.85. The van der Waals surface area contributed by atoms with Crippen LogP contribution in [0, 0.1) is 0 Å². The zero-order valence-electron chi connectivity index (χ0n) is 11.2. The predicted octanol–water partition coefficient (Wildman–Crippen LogP) is 0.282. The number of nitrogen functional groups attached to an aromatic ring is 1. The molecule has 0 radical (unpaired) electrons. The second-order valence-electron chi connectivity index (χ2n) is 4.31. The number of rotatable bonds is 5. The second kappa shape index (κ2) is 5.44. The maximum Gasteiger partial charge on any atom is 0.324 e. The molecule has 2 aromatic rings. The average Bonchev–Trinajstić information content (AvgIpc) is 2.84. The van der Waals surface area contributed by atoms with E-state index in [9.17, 15) is 13.2 Å². The van der Waals surface area contributed by atoms with Gasteiger partial charge in [0.15, 0.2) is 0 Å². The summed E-state index contributed by atoms with van der Waals surface area (Å²) in [6.45, 7) is -0.731. The molecule has 1 aromatic carbocycles. The summed E-state index contributed by atoms with van der Waals surface area (Å²) in [7, 11) is -2.49. The smallest absolute Gasteiger partial charge is 0.324 e. The van der Waals surface area contributed by atoms with Gasteiger partial charge in [0.1, 0.15) is 11.4 Å². The lowest BCUT2D eigenvalue weighted by molar-refractivity contribution is -0.135. The Labute approximate surface area is 121 Å². The van der Waals surface area contributed by atoms with Crippen LogP contribution in [0.4, 0.5) is 11.4 Å². The largest absolute Gasteiger partial charge is 0.480 e. The lowest BCUT2D eigenvalue weighted by Gasteiger charge is -2.23. The molecule has 0 aliphatic carbocycles. The third-order valence-electron chi connectivity index (χ3n) is 2.75. The molecule has 0 spiro atoms. The number of para-hydroxylation sites is 2. The minimum Gasteiger partial charge on any atom is -0.480 e. The van der Waals surface area contributed by atoms with Crippen LogP contribution < -0.4 is 10.0 Å². The first-order valence-corrected chi connectivity index (χ1v) is 7.34. The van der Waals surface area contributed by atoms with Crippen LogP contribution in [-0.4, -0.2) is 35.8 Å². The molecule has 1 heterocycles. The van der Waals surface area contributed by atoms with Crippen molar-refractivity contribution in [1.82, 2.24) is 9.78 Å². The van der Waals surface area contributed by atoms with Crippen LogP contribution in [0.1, 0.15) is 0 Å². The highest BCUT2D eigenvalue weighted by Gasteiger charge is 2.29. The Morgan fingerprint density at radius 3 is 2.62 bits per heavy atom. The number of aliphatic carboxylic acids is 1. The molecule has 9 heteroatoms. The Bertz CT molecular complexity index is 769. The molecule has 3 N–H and O–H groups in total. The van der Waals surface area contributed by atoms with Gasteiger partial charge < -0.3 is 10.8 Å². The van der Waals surface area contributed by atoms with Gasteiger partial charge in [-0.2, -0.15) is 5.10 Å². The van der Waals surface area contributed by atoms with Crippen LogP contribution >= 0.6 is 0 Å². The van der Waals surface area contributed by atoms with Crippen molar-refractivity contribution in [1.29, 1.82) is 0 Å². The maximum atomic E-state index is 12.6. The van der Waals surface area contributed by atoms with E-state index in [2.05, 4.69) is 5.10 Å². The Hall–Kier alpha value is -2.55. The molecule has 2 rings (SSSR count). The molecule has 112 valence electrons. The number of carboxylic acid groups (broad SMARTS) is 1. The topological polar surface area (TPSA) is 119 Å². The van der Waals surface area contributed by atoms with Crippen molar-refractivity contribution >= 4 is 27.4 Å². The summed E-state index contributed by atoms with van der Waals surface area (Å²) in [5, 5.41) is 12.8. The van der Waals surface area contributed by atoms with Gasteiger partial charge in [-0.15, -0.1) is 0 Å². The van der Waals surface area contributed by atoms with Gasteiger partial charge in [0, 0.05) is 13.2 Å². The average molecular weight is 310 g/mol. The first-order chi connectivity index (χ1) is 9.82. The predicted molar refractivity (Wildman–Crippen MR) is 76.2 cm³/mol. The molecule has 0 aliphatic rings. The molecule has 0 aliphatic heterocycles. The summed E-state index contributed by atoms with van der Waals surface area (Å²) in [4.78, 5) is 10.9. The third kappa shape index (κ3) is 2.97. The minimum atomic E-state index is -4.06. The fourth-order valence-corrected chi connectivity index (χ4v) is 3.22. The number of benzene rings is 1. The van der Waals surface area contributed by atoms with E-state index in [1.807, 2.05) is 0 Å². The van der Waals surface area contributed by atoms with E-state index in [0.717, 1.165) is 10.5 Å². The van der Waals surface area contributed by atoms with Gasteiger partial charge in [-0.05, 0) is 12.1 Å². The summed E-state index contributed by atoms with van der Waals surface area (Å²) < 4.78 is 27.2. The number of anilines is 2. The number of carboxylic acids is 1. The molecule has 0 unspecified atom stereocenters. The summed E-state index contributed by atoms with van der Waals surface area (Å²) >= 11 is 0. The van der Waals surface area contributed by atoms with Gasteiger partial charge in [0.05, 0.1) is 17.6 Å². The van der Waals surface area contributed by atoms with Crippen LogP contribution in [0.5, 0.6) is 0 Å². The monoisotopic (exact) mass is 310 g/mol. The van der Waals surface area contributed by atoms with Gasteiger partial charge in [0.2, 0.25) is 0 Å². The quantitative estimate of drug-likeness (QED) is 0.766. The fraction of sp³-hybridized carbons (Fsp3) is 0.167. The van der Waals surface area contributed by atoms with Gasteiger partial charge in [-0.3, -0.25) is 13.8 Å². The van der Waals surface area contributed by atoms with Crippen LogP contribution in [0.25, 0.3) is 0 Å². The van der Waals surface area contributed by atoms with Gasteiger partial charge in [0.25, 0.3) is 10.0 Å². The molecule has 0 saturated heterocycles. The normalized spacial score (nSPS) is 11.3. The summed E-state index contributed by atoms with van der Waals surface area (Å²) in [6, 6.07) is 6.17. The molecule has 8 nitrogen and oxygen atoms in total. The number of nitrogens with two attached hydrogens (primary N) is 1. The van der Waals surface area contributed by atoms with Crippen LogP contribution in [0.2, 0.25) is 0 Å². The minimum absolute atomic E-state index is 0.102. The Morgan fingerprint density at radius 1 is 1.43 bits per heavy atom. The number of nitrogens with zero attached hydrogens (tertiary/aromatic N) is 3. The highest BCUT2D eigenvalue weighted by atomic mass is 32.2. The van der Waals surface area contributed by atoms with Crippen molar-refractivity contribution in [3.05, 3.63) is 36.7 Å². The van der Waals surface area contributed by atoms with E-state index in [4.69, 9.17) is 10.8 Å². The van der Waals surface area contributed by atoms with Crippen LogP contribution in [-0.2, 0) is 21.9 Å². The highest BCUT2D eigenvalue weighted by Crippen LogP contribution is 2.28. The van der Waals surface area contributed by atoms with Gasteiger partial charge in [-0.1, -0.05) is 12.1 Å². The number of sulfonamides is 1. The molecule has 21 heavy (non-hydrogen) atoms. The molecular formula is C12H14N4O4S. The van der Waals surface area contributed by atoms with E-state index >= 15 is 0 Å². The fourth-order valence-electron chi connectivity index (χ4n) is 1.80. The number of carbonyl (C=O) groups is 1. The van der Waals surface area contributed by atoms with Crippen LogP contribution in [0.3, 0.4) is 0 Å². The van der Waals surface area contributed by atoms with E-state index in [1.165, 1.54) is 23.0 Å². The first kappa shape index (κ1) is 14.9. The summed E-state index contributed by atoms with van der Waals surface area (Å²) in [5.74, 6) is -1.29. The first-order valence-electron chi connectivity index (χ1n) is 5.90. The van der Waals surface area contributed by atoms with Crippen molar-refractivity contribution < 1.29 is 18.3 Å². The molecule has 0 amide bonds. The molecule has 0 atom stereocenters. The number of aromatic nitrogens is 2. The number of hydrogen-bond donors (Lipinski definition) is 2. The second-order valence-corrected chi connectivity index (χ2v) is 6.18. The van der Waals surface area contributed by atoms with E-state index in [1.54, 1.807) is 19.2 Å². The summed E-state index contributed by atoms with van der Waals surface area (Å²) in [5.41, 5.74) is 6.04. The van der Waals surface area contributed by atoms with Crippen molar-refractivity contribution in [2.45, 2.75) is 4.90 Å². The Morgan fingerprint density at radius 2 is 2.10 bits per heavy atom. The standard InChI is InChI=1S/C12H14N4O4S/c1-15-7-9(6-14-15)21(19,20)16(8-12(17)18)11-5-3-2-4-10(11)13/h2-7H,8,13H2,1H3,(H,17,18). The lowest BCUT2D eigenvalue weighted by atomic mass is 10.3. The van der Waals surface area contributed by atoms with E-state index in [0.29, 0.717) is 0 Å². The van der Waals surface area contributed by atoms with Crippen molar-refractivity contribution in [2.75, 3.05) is 16.6 Å². The SMILES string of the molecule is Cn1cc(S(=O)(=O)N(CC(=O)O)c2ccccc2N)cn1. The molecule has 0 fully saturated rings. The van der Waals surface area contributed by atoms with Crippen molar-refractivity contribution in [2.24, 2.45) is 7.05 Å². The van der Waals surface area contributed by atoms with Crippen molar-refractivity contribution in [3.8, 4) is 0 Å². The molecule has 0 bridgehead atoms. The van der Waals surface area contributed by atoms with Gasteiger partial charge >= 0.3 is 5.97 Å². The van der Waals surface area contributed by atoms with E-state index in [-0.39, 0.29) is 16.3 Å².